The molecule has 134 valence electrons. The zero-order valence-corrected chi connectivity index (χ0v) is 14.7. The Balaban J connectivity index is 1.55. The highest BCUT2D eigenvalue weighted by molar-refractivity contribution is 5.47. The summed E-state index contributed by atoms with van der Waals surface area (Å²) in [6.45, 7) is 0.396. The van der Waals surface area contributed by atoms with E-state index in [2.05, 4.69) is 17.4 Å². The Kier molecular flexibility index (Phi) is 5.74. The number of nitrogens with one attached hydrogen (secondary N) is 1. The maximum atomic E-state index is 10.2. The Morgan fingerprint density at radius 1 is 1.08 bits per heavy atom. The van der Waals surface area contributed by atoms with Crippen LogP contribution in [0.15, 0.2) is 54.6 Å². The normalized spacial score (nSPS) is 18.2. The maximum Gasteiger partial charge on any atom is 0.0928 e. The van der Waals surface area contributed by atoms with E-state index in [1.807, 2.05) is 42.5 Å². The highest BCUT2D eigenvalue weighted by atomic mass is 16.5. The zero-order chi connectivity index (χ0) is 17.7. The molecule has 1 aliphatic carbocycles. The summed E-state index contributed by atoms with van der Waals surface area (Å²) in [6.07, 6.45) is 2.33. The number of aliphatic hydroxyl groups is 2. The van der Waals surface area contributed by atoms with Gasteiger partial charge in [0.15, 0.2) is 0 Å². The topological polar surface area (TPSA) is 61.7 Å². The Labute approximate surface area is 149 Å². The second kappa shape index (κ2) is 8.00. The highest BCUT2D eigenvalue weighted by Gasteiger charge is 2.38. The second-order valence-corrected chi connectivity index (χ2v) is 6.83. The van der Waals surface area contributed by atoms with E-state index >= 15 is 0 Å². The van der Waals surface area contributed by atoms with Crippen molar-refractivity contribution in [3.63, 3.8) is 0 Å². The Hall–Kier alpha value is -1.88. The van der Waals surface area contributed by atoms with Crippen LogP contribution in [-0.4, -0.2) is 30.0 Å². The van der Waals surface area contributed by atoms with Gasteiger partial charge in [0.25, 0.3) is 0 Å². The van der Waals surface area contributed by atoms with E-state index in [0.717, 1.165) is 24.1 Å². The molecule has 1 saturated carbocycles. The molecule has 25 heavy (non-hydrogen) atoms. The third kappa shape index (κ3) is 4.21. The molecule has 4 heteroatoms. The van der Waals surface area contributed by atoms with Crippen LogP contribution in [0.5, 0.6) is 0 Å². The first-order chi connectivity index (χ1) is 12.1. The molecule has 0 spiro atoms. The van der Waals surface area contributed by atoms with Gasteiger partial charge in [-0.1, -0.05) is 42.5 Å². The lowest BCUT2D eigenvalue weighted by Gasteiger charge is -2.41. The van der Waals surface area contributed by atoms with E-state index in [-0.39, 0.29) is 5.60 Å². The second-order valence-electron chi connectivity index (χ2n) is 6.83. The van der Waals surface area contributed by atoms with Crippen LogP contribution in [0.2, 0.25) is 0 Å². The summed E-state index contributed by atoms with van der Waals surface area (Å²) in [4.78, 5) is 0. The van der Waals surface area contributed by atoms with Crippen molar-refractivity contribution < 1.29 is 14.9 Å². The SMILES string of the molecule is COC1(c2cccc(NCC(O)CC(O)c3ccccc3)c2)CCC1. The summed E-state index contributed by atoms with van der Waals surface area (Å²) >= 11 is 0. The average Bonchev–Trinajstić information content (AvgIpc) is 2.61. The first-order valence-electron chi connectivity index (χ1n) is 8.93. The fourth-order valence-corrected chi connectivity index (χ4v) is 3.41. The van der Waals surface area contributed by atoms with Crippen LogP contribution in [0.25, 0.3) is 0 Å². The lowest BCUT2D eigenvalue weighted by molar-refractivity contribution is -0.0778. The molecule has 1 aliphatic rings. The summed E-state index contributed by atoms with van der Waals surface area (Å²) in [7, 11) is 1.77. The minimum absolute atomic E-state index is 0.139. The van der Waals surface area contributed by atoms with Gasteiger partial charge in [0.05, 0.1) is 17.8 Å². The van der Waals surface area contributed by atoms with Gasteiger partial charge in [0, 0.05) is 25.8 Å². The standard InChI is InChI=1S/C21H27NO3/c1-25-21(11-6-12-21)17-9-5-10-18(13-17)22-15-19(23)14-20(24)16-7-3-2-4-8-16/h2-5,7-10,13,19-20,22-24H,6,11-12,14-15H2,1H3. The van der Waals surface area contributed by atoms with Gasteiger partial charge in [-0.3, -0.25) is 0 Å². The molecule has 0 radical (unpaired) electrons. The molecule has 4 nitrogen and oxygen atoms in total. The fourth-order valence-electron chi connectivity index (χ4n) is 3.41. The van der Waals surface area contributed by atoms with E-state index in [1.54, 1.807) is 7.11 Å². The minimum Gasteiger partial charge on any atom is -0.391 e. The predicted molar refractivity (Wildman–Crippen MR) is 99.5 cm³/mol. The summed E-state index contributed by atoms with van der Waals surface area (Å²) < 4.78 is 5.73. The van der Waals surface area contributed by atoms with Gasteiger partial charge in [-0.15, -0.1) is 0 Å². The molecule has 2 unspecified atom stereocenters. The molecular weight excluding hydrogens is 314 g/mol. The molecule has 3 rings (SSSR count). The Morgan fingerprint density at radius 3 is 2.48 bits per heavy atom. The van der Waals surface area contributed by atoms with Gasteiger partial charge in [0.2, 0.25) is 0 Å². The average molecular weight is 341 g/mol. The Bertz CT molecular complexity index is 664. The van der Waals surface area contributed by atoms with Crippen molar-refractivity contribution in [2.24, 2.45) is 0 Å². The number of aliphatic hydroxyl groups excluding tert-OH is 2. The van der Waals surface area contributed by atoms with Crippen LogP contribution < -0.4 is 5.32 Å². The highest BCUT2D eigenvalue weighted by Crippen LogP contribution is 2.44. The molecular formula is C21H27NO3. The van der Waals surface area contributed by atoms with E-state index in [9.17, 15) is 10.2 Å². The largest absolute Gasteiger partial charge is 0.391 e. The molecule has 2 aromatic carbocycles. The summed E-state index contributed by atoms with van der Waals surface area (Å²) in [5.41, 5.74) is 2.84. The van der Waals surface area contributed by atoms with Gasteiger partial charge < -0.3 is 20.3 Å². The van der Waals surface area contributed by atoms with Gasteiger partial charge >= 0.3 is 0 Å². The molecule has 0 aromatic heterocycles. The molecule has 0 heterocycles. The van der Waals surface area contributed by atoms with E-state index < -0.39 is 12.2 Å². The fraction of sp³-hybridized carbons (Fsp3) is 0.429. The van der Waals surface area contributed by atoms with Gasteiger partial charge in [-0.2, -0.15) is 0 Å². The van der Waals surface area contributed by atoms with Crippen LogP contribution in [0.4, 0.5) is 5.69 Å². The van der Waals surface area contributed by atoms with Crippen LogP contribution in [0, 0.1) is 0 Å². The van der Waals surface area contributed by atoms with Crippen molar-refractivity contribution in [1.29, 1.82) is 0 Å². The van der Waals surface area contributed by atoms with Gasteiger partial charge in [0.1, 0.15) is 0 Å². The third-order valence-electron chi connectivity index (χ3n) is 5.16. The number of anilines is 1. The first-order valence-corrected chi connectivity index (χ1v) is 8.93. The van der Waals surface area contributed by atoms with Crippen LogP contribution in [-0.2, 0) is 10.3 Å². The number of hydrogen-bond donors (Lipinski definition) is 3. The quantitative estimate of drug-likeness (QED) is 0.686. The van der Waals surface area contributed by atoms with Gasteiger partial charge in [-0.25, -0.2) is 0 Å². The van der Waals surface area contributed by atoms with E-state index in [4.69, 9.17) is 4.74 Å². The molecule has 2 atom stereocenters. The molecule has 2 aromatic rings. The number of ether oxygens (including phenoxy) is 1. The van der Waals surface area contributed by atoms with Crippen LogP contribution in [0.1, 0.15) is 42.9 Å². The molecule has 0 bridgehead atoms. The van der Waals surface area contributed by atoms with Crippen molar-refractivity contribution in [2.75, 3.05) is 19.0 Å². The molecule has 1 fully saturated rings. The lowest BCUT2D eigenvalue weighted by atomic mass is 9.75. The summed E-state index contributed by atoms with van der Waals surface area (Å²) in [6, 6.07) is 17.6. The number of benzene rings is 2. The van der Waals surface area contributed by atoms with Gasteiger partial charge in [-0.05, 0) is 42.5 Å². The smallest absolute Gasteiger partial charge is 0.0928 e. The lowest BCUT2D eigenvalue weighted by Crippen LogP contribution is -2.36. The van der Waals surface area contributed by atoms with Crippen molar-refractivity contribution in [2.45, 2.75) is 43.5 Å². The van der Waals surface area contributed by atoms with Crippen LogP contribution in [0.3, 0.4) is 0 Å². The van der Waals surface area contributed by atoms with Crippen molar-refractivity contribution in [1.82, 2.24) is 0 Å². The number of hydrogen-bond acceptors (Lipinski definition) is 4. The third-order valence-corrected chi connectivity index (χ3v) is 5.16. The minimum atomic E-state index is -0.656. The number of methoxy groups -OCH3 is 1. The molecule has 0 amide bonds. The van der Waals surface area contributed by atoms with Crippen molar-refractivity contribution in [3.8, 4) is 0 Å². The summed E-state index contributed by atoms with van der Waals surface area (Å²) in [5.74, 6) is 0. The molecule has 0 aliphatic heterocycles. The molecule has 0 saturated heterocycles. The number of rotatable bonds is 8. The predicted octanol–water partition coefficient (Wildman–Crippen LogP) is 3.61. The summed E-state index contributed by atoms with van der Waals surface area (Å²) in [5, 5.41) is 23.7. The van der Waals surface area contributed by atoms with E-state index in [0.29, 0.717) is 13.0 Å². The molecule has 3 N–H and O–H groups in total. The van der Waals surface area contributed by atoms with E-state index in [1.165, 1.54) is 12.0 Å². The van der Waals surface area contributed by atoms with Crippen LogP contribution >= 0.6 is 0 Å². The maximum absolute atomic E-state index is 10.2. The van der Waals surface area contributed by atoms with Crippen molar-refractivity contribution >= 4 is 5.69 Å². The Morgan fingerprint density at radius 2 is 1.84 bits per heavy atom. The monoisotopic (exact) mass is 341 g/mol. The van der Waals surface area contributed by atoms with Crippen molar-refractivity contribution in [3.05, 3.63) is 65.7 Å². The first kappa shape index (κ1) is 17.9. The zero-order valence-electron chi connectivity index (χ0n) is 14.7.